The first kappa shape index (κ1) is 24.0. The van der Waals surface area contributed by atoms with Crippen LogP contribution in [0, 0.1) is 11.3 Å². The smallest absolute Gasteiger partial charge is 0.230 e. The van der Waals surface area contributed by atoms with Gasteiger partial charge in [-0.15, -0.1) is 24.0 Å². The summed E-state index contributed by atoms with van der Waals surface area (Å²) in [4.78, 5) is 32.8. The lowest BCUT2D eigenvalue weighted by molar-refractivity contribution is -0.139. The second-order valence-corrected chi connectivity index (χ2v) is 8.18. The molecule has 7 nitrogen and oxygen atoms in total. The van der Waals surface area contributed by atoms with Crippen LogP contribution in [0.1, 0.15) is 46.0 Å². The van der Waals surface area contributed by atoms with Crippen molar-refractivity contribution < 1.29 is 9.59 Å². The zero-order chi connectivity index (χ0) is 19.3. The zero-order valence-corrected chi connectivity index (χ0v) is 19.7. The SMILES string of the molecule is CN=C(NCC1(C(=O)N(C)C)CCCC1)NC1CCN(C(=O)C(C)C)C1.I. The van der Waals surface area contributed by atoms with Crippen LogP contribution < -0.4 is 10.6 Å². The van der Waals surface area contributed by atoms with Crippen molar-refractivity contribution in [2.75, 3.05) is 40.8 Å². The van der Waals surface area contributed by atoms with Crippen LogP contribution in [0.2, 0.25) is 0 Å². The third-order valence-corrected chi connectivity index (χ3v) is 5.57. The maximum atomic E-state index is 12.7. The van der Waals surface area contributed by atoms with Gasteiger partial charge in [0.05, 0.1) is 5.41 Å². The van der Waals surface area contributed by atoms with Crippen LogP contribution in [0.3, 0.4) is 0 Å². The third-order valence-electron chi connectivity index (χ3n) is 5.57. The number of nitrogens with zero attached hydrogens (tertiary/aromatic N) is 3. The van der Waals surface area contributed by atoms with Crippen molar-refractivity contribution in [3.8, 4) is 0 Å². The Bertz CT molecular complexity index is 544. The molecule has 1 aliphatic carbocycles. The molecular weight excluding hydrogens is 457 g/mol. The van der Waals surface area contributed by atoms with Crippen molar-refractivity contribution in [1.82, 2.24) is 20.4 Å². The van der Waals surface area contributed by atoms with E-state index < -0.39 is 0 Å². The molecule has 156 valence electrons. The second-order valence-electron chi connectivity index (χ2n) is 8.18. The molecule has 0 spiro atoms. The summed E-state index contributed by atoms with van der Waals surface area (Å²) in [7, 11) is 5.40. The number of carbonyl (C=O) groups excluding carboxylic acids is 2. The number of hydrogen-bond donors (Lipinski definition) is 2. The molecule has 2 fully saturated rings. The summed E-state index contributed by atoms with van der Waals surface area (Å²) in [5, 5.41) is 6.79. The summed E-state index contributed by atoms with van der Waals surface area (Å²) < 4.78 is 0. The first-order valence-electron chi connectivity index (χ1n) is 9.77. The van der Waals surface area contributed by atoms with Gasteiger partial charge < -0.3 is 20.4 Å². The normalized spacial score (nSPS) is 21.8. The Morgan fingerprint density at radius 2 is 1.89 bits per heavy atom. The van der Waals surface area contributed by atoms with Crippen LogP contribution in [-0.4, -0.2) is 74.4 Å². The molecule has 1 saturated heterocycles. The van der Waals surface area contributed by atoms with Crippen LogP contribution in [0.15, 0.2) is 4.99 Å². The molecule has 2 aliphatic rings. The third kappa shape index (κ3) is 5.96. The first-order chi connectivity index (χ1) is 12.3. The van der Waals surface area contributed by atoms with Crippen molar-refractivity contribution in [3.05, 3.63) is 0 Å². The fourth-order valence-electron chi connectivity index (χ4n) is 4.08. The van der Waals surface area contributed by atoms with Gasteiger partial charge in [0.1, 0.15) is 0 Å². The van der Waals surface area contributed by atoms with Crippen molar-refractivity contribution in [2.45, 2.75) is 52.0 Å². The van der Waals surface area contributed by atoms with E-state index in [0.29, 0.717) is 19.0 Å². The molecule has 1 aliphatic heterocycles. The van der Waals surface area contributed by atoms with Gasteiger partial charge in [0.15, 0.2) is 5.96 Å². The number of aliphatic imine (C=N–C) groups is 1. The molecule has 0 aromatic rings. The summed E-state index contributed by atoms with van der Waals surface area (Å²) >= 11 is 0. The number of halogens is 1. The van der Waals surface area contributed by atoms with Gasteiger partial charge in [-0.25, -0.2) is 0 Å². The summed E-state index contributed by atoms with van der Waals surface area (Å²) in [6.45, 7) is 5.97. The molecule has 0 aromatic heterocycles. The van der Waals surface area contributed by atoms with Gasteiger partial charge >= 0.3 is 0 Å². The molecule has 0 bridgehead atoms. The molecule has 1 saturated carbocycles. The fraction of sp³-hybridized carbons (Fsp3) is 0.842. The van der Waals surface area contributed by atoms with E-state index in [9.17, 15) is 9.59 Å². The number of rotatable bonds is 5. The number of guanidine groups is 1. The molecule has 1 heterocycles. The molecule has 8 heteroatoms. The van der Waals surface area contributed by atoms with Crippen molar-refractivity contribution in [1.29, 1.82) is 0 Å². The number of amides is 2. The number of nitrogens with one attached hydrogen (secondary N) is 2. The number of carbonyl (C=O) groups is 2. The van der Waals surface area contributed by atoms with E-state index in [4.69, 9.17) is 0 Å². The van der Waals surface area contributed by atoms with Gasteiger partial charge in [0.2, 0.25) is 11.8 Å². The fourth-order valence-corrected chi connectivity index (χ4v) is 4.08. The Morgan fingerprint density at radius 3 is 2.41 bits per heavy atom. The lowest BCUT2D eigenvalue weighted by Gasteiger charge is -2.31. The topological polar surface area (TPSA) is 77.0 Å². The summed E-state index contributed by atoms with van der Waals surface area (Å²) in [5.41, 5.74) is -0.323. The molecule has 1 atom stereocenters. The minimum Gasteiger partial charge on any atom is -0.355 e. The second kappa shape index (κ2) is 10.5. The Kier molecular flexibility index (Phi) is 9.30. The quantitative estimate of drug-likeness (QED) is 0.347. The standard InChI is InChI=1S/C19H35N5O2.HI/c1-14(2)16(25)24-11-8-15(12-24)22-18(20-3)21-13-19(9-6-7-10-19)17(26)23(4)5;/h14-15H,6-13H2,1-5H3,(H2,20,21,22);1H. The highest BCUT2D eigenvalue weighted by Gasteiger charge is 2.42. The zero-order valence-electron chi connectivity index (χ0n) is 17.4. The van der Waals surface area contributed by atoms with Crippen molar-refractivity contribution in [3.63, 3.8) is 0 Å². The number of likely N-dealkylation sites (tertiary alicyclic amines) is 1. The minimum atomic E-state index is -0.323. The van der Waals surface area contributed by atoms with Crippen LogP contribution in [0.4, 0.5) is 0 Å². The molecule has 1 unspecified atom stereocenters. The molecule has 2 rings (SSSR count). The highest BCUT2D eigenvalue weighted by Crippen LogP contribution is 2.38. The maximum absolute atomic E-state index is 12.7. The van der Waals surface area contributed by atoms with Gasteiger partial charge in [0, 0.05) is 52.7 Å². The molecular formula is C19H36IN5O2. The Balaban J connectivity index is 0.00000364. The molecule has 0 aromatic carbocycles. The van der Waals surface area contributed by atoms with Gasteiger partial charge in [-0.2, -0.15) is 0 Å². The van der Waals surface area contributed by atoms with Crippen LogP contribution >= 0.6 is 24.0 Å². The van der Waals surface area contributed by atoms with Gasteiger partial charge in [-0.05, 0) is 19.3 Å². The summed E-state index contributed by atoms with van der Waals surface area (Å²) in [6.07, 6.45) is 4.97. The summed E-state index contributed by atoms with van der Waals surface area (Å²) in [5.74, 6) is 1.16. The molecule has 2 amide bonds. The Hall–Kier alpha value is -1.06. The Labute approximate surface area is 180 Å². The summed E-state index contributed by atoms with van der Waals surface area (Å²) in [6, 6.07) is 0.202. The van der Waals surface area contributed by atoms with Crippen LogP contribution in [0.25, 0.3) is 0 Å². The van der Waals surface area contributed by atoms with Gasteiger partial charge in [0.25, 0.3) is 0 Å². The van der Waals surface area contributed by atoms with Gasteiger partial charge in [-0.1, -0.05) is 26.7 Å². The highest BCUT2D eigenvalue weighted by atomic mass is 127. The van der Waals surface area contributed by atoms with Crippen molar-refractivity contribution in [2.24, 2.45) is 16.3 Å². The molecule has 27 heavy (non-hydrogen) atoms. The lowest BCUT2D eigenvalue weighted by atomic mass is 9.84. The van der Waals surface area contributed by atoms with Crippen molar-refractivity contribution >= 4 is 41.8 Å². The lowest BCUT2D eigenvalue weighted by Crippen LogP contribution is -2.51. The van der Waals surface area contributed by atoms with E-state index in [-0.39, 0.29) is 53.2 Å². The van der Waals surface area contributed by atoms with Crippen LogP contribution in [-0.2, 0) is 9.59 Å². The Morgan fingerprint density at radius 1 is 1.26 bits per heavy atom. The largest absolute Gasteiger partial charge is 0.355 e. The van der Waals surface area contributed by atoms with E-state index >= 15 is 0 Å². The van der Waals surface area contributed by atoms with E-state index in [2.05, 4.69) is 15.6 Å². The first-order valence-corrected chi connectivity index (χ1v) is 9.77. The molecule has 2 N–H and O–H groups in total. The van der Waals surface area contributed by atoms with E-state index in [1.165, 1.54) is 0 Å². The predicted octanol–water partition coefficient (Wildman–Crippen LogP) is 1.67. The predicted molar refractivity (Wildman–Crippen MR) is 119 cm³/mol. The van der Waals surface area contributed by atoms with Crippen LogP contribution in [0.5, 0.6) is 0 Å². The van der Waals surface area contributed by atoms with E-state index in [1.807, 2.05) is 32.8 Å². The minimum absolute atomic E-state index is 0. The van der Waals surface area contributed by atoms with E-state index in [1.54, 1.807) is 11.9 Å². The molecule has 0 radical (unpaired) electrons. The van der Waals surface area contributed by atoms with E-state index in [0.717, 1.165) is 38.6 Å². The average Bonchev–Trinajstić information content (AvgIpc) is 3.27. The maximum Gasteiger partial charge on any atom is 0.230 e. The average molecular weight is 493 g/mol. The van der Waals surface area contributed by atoms with Gasteiger partial charge in [-0.3, -0.25) is 14.6 Å². The number of hydrogen-bond acceptors (Lipinski definition) is 3. The monoisotopic (exact) mass is 493 g/mol. The highest BCUT2D eigenvalue weighted by molar-refractivity contribution is 14.0.